The third-order valence-corrected chi connectivity index (χ3v) is 3.53. The van der Waals surface area contributed by atoms with Gasteiger partial charge in [-0.3, -0.25) is 0 Å². The zero-order chi connectivity index (χ0) is 12.4. The summed E-state index contributed by atoms with van der Waals surface area (Å²) in [5.41, 5.74) is 2.72. The van der Waals surface area contributed by atoms with E-state index in [1.54, 1.807) is 0 Å². The number of hydrogen-bond acceptors (Lipinski definition) is 2. The van der Waals surface area contributed by atoms with Crippen molar-refractivity contribution in [3.05, 3.63) is 29.3 Å². The average Bonchev–Trinajstić information content (AvgIpc) is 2.32. The minimum absolute atomic E-state index is 0.433. The van der Waals surface area contributed by atoms with Crippen LogP contribution in [-0.4, -0.2) is 13.2 Å². The van der Waals surface area contributed by atoms with Gasteiger partial charge >= 0.3 is 0 Å². The molecule has 0 bridgehead atoms. The minimum atomic E-state index is 0.433. The summed E-state index contributed by atoms with van der Waals surface area (Å²) in [6.45, 7) is 10.7. The van der Waals surface area contributed by atoms with E-state index in [0.29, 0.717) is 17.9 Å². The number of hydrogen-bond donors (Lipinski definition) is 1. The van der Waals surface area contributed by atoms with Crippen molar-refractivity contribution in [2.45, 2.75) is 39.7 Å². The lowest BCUT2D eigenvalue weighted by atomic mass is 9.89. The molecule has 1 heterocycles. The standard InChI is InChI=1S/C15H23NO/c1-5-16-15-11(4)9-17-14-7-6-12(10(2)3)8-13(14)15/h6-8,10-11,15-16H,5,9H2,1-4H3. The van der Waals surface area contributed by atoms with Gasteiger partial charge in [-0.15, -0.1) is 0 Å². The van der Waals surface area contributed by atoms with E-state index in [1.165, 1.54) is 11.1 Å². The van der Waals surface area contributed by atoms with Crippen molar-refractivity contribution in [1.29, 1.82) is 0 Å². The second-order valence-corrected chi connectivity index (χ2v) is 5.28. The normalized spacial score (nSPS) is 23.4. The molecule has 17 heavy (non-hydrogen) atoms. The van der Waals surface area contributed by atoms with Crippen LogP contribution in [0.3, 0.4) is 0 Å². The predicted molar refractivity (Wildman–Crippen MR) is 71.6 cm³/mol. The van der Waals surface area contributed by atoms with E-state index in [9.17, 15) is 0 Å². The molecule has 0 aliphatic carbocycles. The van der Waals surface area contributed by atoms with Gasteiger partial charge in [0.25, 0.3) is 0 Å². The van der Waals surface area contributed by atoms with E-state index in [1.807, 2.05) is 0 Å². The summed E-state index contributed by atoms with van der Waals surface area (Å²) in [6, 6.07) is 7.05. The van der Waals surface area contributed by atoms with Crippen molar-refractivity contribution in [2.75, 3.05) is 13.2 Å². The van der Waals surface area contributed by atoms with Crippen LogP contribution in [0, 0.1) is 5.92 Å². The Kier molecular flexibility index (Phi) is 3.72. The third-order valence-electron chi connectivity index (χ3n) is 3.53. The van der Waals surface area contributed by atoms with E-state index in [-0.39, 0.29) is 0 Å². The van der Waals surface area contributed by atoms with Crippen LogP contribution in [0.25, 0.3) is 0 Å². The highest BCUT2D eigenvalue weighted by Crippen LogP contribution is 2.36. The van der Waals surface area contributed by atoms with Gasteiger partial charge in [-0.25, -0.2) is 0 Å². The molecule has 0 radical (unpaired) electrons. The Morgan fingerprint density at radius 3 is 2.82 bits per heavy atom. The lowest BCUT2D eigenvalue weighted by Gasteiger charge is -2.32. The van der Waals surface area contributed by atoms with Crippen LogP contribution in [0.2, 0.25) is 0 Å². The quantitative estimate of drug-likeness (QED) is 0.863. The van der Waals surface area contributed by atoms with Crippen molar-refractivity contribution in [1.82, 2.24) is 5.32 Å². The van der Waals surface area contributed by atoms with Gasteiger partial charge in [-0.05, 0) is 24.1 Å². The molecule has 0 saturated carbocycles. The smallest absolute Gasteiger partial charge is 0.124 e. The maximum Gasteiger partial charge on any atom is 0.124 e. The van der Waals surface area contributed by atoms with Gasteiger partial charge in [0, 0.05) is 17.5 Å². The molecule has 2 rings (SSSR count). The molecule has 1 aromatic carbocycles. The van der Waals surface area contributed by atoms with Crippen LogP contribution in [0.4, 0.5) is 0 Å². The average molecular weight is 233 g/mol. The van der Waals surface area contributed by atoms with E-state index < -0.39 is 0 Å². The summed E-state index contributed by atoms with van der Waals surface area (Å²) in [5.74, 6) is 2.16. The Balaban J connectivity index is 2.37. The van der Waals surface area contributed by atoms with Crippen LogP contribution >= 0.6 is 0 Å². The van der Waals surface area contributed by atoms with E-state index >= 15 is 0 Å². The molecule has 1 N–H and O–H groups in total. The molecule has 1 aliphatic heterocycles. The van der Waals surface area contributed by atoms with Gasteiger partial charge < -0.3 is 10.1 Å². The molecule has 0 saturated heterocycles. The fourth-order valence-electron chi connectivity index (χ4n) is 2.46. The molecule has 2 unspecified atom stereocenters. The van der Waals surface area contributed by atoms with Crippen LogP contribution in [0.5, 0.6) is 5.75 Å². The van der Waals surface area contributed by atoms with Crippen LogP contribution in [0.1, 0.15) is 50.8 Å². The van der Waals surface area contributed by atoms with Crippen molar-refractivity contribution >= 4 is 0 Å². The molecule has 2 heteroatoms. The minimum Gasteiger partial charge on any atom is -0.493 e. The van der Waals surface area contributed by atoms with Gasteiger partial charge in [-0.1, -0.05) is 39.8 Å². The first-order valence-corrected chi connectivity index (χ1v) is 6.63. The van der Waals surface area contributed by atoms with Crippen molar-refractivity contribution in [3.63, 3.8) is 0 Å². The molecule has 94 valence electrons. The Bertz CT molecular complexity index is 387. The fourth-order valence-corrected chi connectivity index (χ4v) is 2.46. The van der Waals surface area contributed by atoms with Crippen LogP contribution in [0.15, 0.2) is 18.2 Å². The summed E-state index contributed by atoms with van der Waals surface area (Å²) in [7, 11) is 0. The number of nitrogens with one attached hydrogen (secondary N) is 1. The third kappa shape index (κ3) is 2.47. The van der Waals surface area contributed by atoms with Gasteiger partial charge in [0.05, 0.1) is 6.61 Å². The fraction of sp³-hybridized carbons (Fsp3) is 0.600. The largest absolute Gasteiger partial charge is 0.493 e. The molecule has 0 spiro atoms. The maximum absolute atomic E-state index is 5.81. The summed E-state index contributed by atoms with van der Waals surface area (Å²) < 4.78 is 5.81. The molecule has 0 fully saturated rings. The highest BCUT2D eigenvalue weighted by Gasteiger charge is 2.27. The monoisotopic (exact) mass is 233 g/mol. The molecule has 1 aromatic rings. The number of benzene rings is 1. The molecule has 0 aromatic heterocycles. The van der Waals surface area contributed by atoms with Gasteiger partial charge in [0.2, 0.25) is 0 Å². The molecular formula is C15H23NO. The van der Waals surface area contributed by atoms with Crippen molar-refractivity contribution in [3.8, 4) is 5.75 Å². The summed E-state index contributed by atoms with van der Waals surface area (Å²) >= 11 is 0. The Labute approximate surface area is 104 Å². The Morgan fingerprint density at radius 2 is 2.18 bits per heavy atom. The SMILES string of the molecule is CCNC1c2cc(C(C)C)ccc2OCC1C. The van der Waals surface area contributed by atoms with E-state index in [4.69, 9.17) is 4.74 Å². The van der Waals surface area contributed by atoms with Gasteiger partial charge in [0.15, 0.2) is 0 Å². The van der Waals surface area contributed by atoms with Crippen LogP contribution < -0.4 is 10.1 Å². The molecular weight excluding hydrogens is 210 g/mol. The zero-order valence-corrected chi connectivity index (χ0v) is 11.3. The molecule has 2 atom stereocenters. The second-order valence-electron chi connectivity index (χ2n) is 5.28. The summed E-state index contributed by atoms with van der Waals surface area (Å²) in [6.07, 6.45) is 0. The summed E-state index contributed by atoms with van der Waals surface area (Å²) in [4.78, 5) is 0. The highest BCUT2D eigenvalue weighted by atomic mass is 16.5. The highest BCUT2D eigenvalue weighted by molar-refractivity contribution is 5.42. The number of ether oxygens (including phenoxy) is 1. The van der Waals surface area contributed by atoms with E-state index in [2.05, 4.69) is 51.2 Å². The van der Waals surface area contributed by atoms with Crippen molar-refractivity contribution < 1.29 is 4.74 Å². The maximum atomic E-state index is 5.81. The zero-order valence-electron chi connectivity index (χ0n) is 11.3. The summed E-state index contributed by atoms with van der Waals surface area (Å²) in [5, 5.41) is 3.58. The van der Waals surface area contributed by atoms with E-state index in [0.717, 1.165) is 18.9 Å². The topological polar surface area (TPSA) is 21.3 Å². The number of fused-ring (bicyclic) bond motifs is 1. The number of rotatable bonds is 3. The van der Waals surface area contributed by atoms with Crippen molar-refractivity contribution in [2.24, 2.45) is 5.92 Å². The first-order valence-electron chi connectivity index (χ1n) is 6.63. The first-order chi connectivity index (χ1) is 8.13. The first kappa shape index (κ1) is 12.4. The lowest BCUT2D eigenvalue weighted by molar-refractivity contribution is 0.190. The molecule has 0 amide bonds. The second kappa shape index (κ2) is 5.09. The molecule has 1 aliphatic rings. The predicted octanol–water partition coefficient (Wildman–Crippen LogP) is 3.49. The van der Waals surface area contributed by atoms with Crippen LogP contribution in [-0.2, 0) is 0 Å². The molecule has 2 nitrogen and oxygen atoms in total. The Hall–Kier alpha value is -1.02. The lowest BCUT2D eigenvalue weighted by Crippen LogP contribution is -2.33. The van der Waals surface area contributed by atoms with Gasteiger partial charge in [-0.2, -0.15) is 0 Å². The Morgan fingerprint density at radius 1 is 1.41 bits per heavy atom. The van der Waals surface area contributed by atoms with Gasteiger partial charge in [0.1, 0.15) is 5.75 Å².